The summed E-state index contributed by atoms with van der Waals surface area (Å²) in [6, 6.07) is 7.47. The molecule has 2 N–H and O–H groups in total. The van der Waals surface area contributed by atoms with Gasteiger partial charge in [-0.3, -0.25) is 4.79 Å². The maximum Gasteiger partial charge on any atom is 0.354 e. The number of amides is 1. The number of rotatable bonds is 4. The van der Waals surface area contributed by atoms with Crippen LogP contribution in [-0.4, -0.2) is 30.0 Å². The number of carbonyl (C=O) groups is 2. The van der Waals surface area contributed by atoms with E-state index < -0.39 is 0 Å². The van der Waals surface area contributed by atoms with Crippen LogP contribution in [-0.2, 0) is 9.53 Å². The number of hydrogen-bond donors (Lipinski definition) is 2. The number of benzene rings is 1. The van der Waals surface area contributed by atoms with Crippen molar-refractivity contribution >= 4 is 22.8 Å². The molecule has 22 heavy (non-hydrogen) atoms. The van der Waals surface area contributed by atoms with Gasteiger partial charge in [0.25, 0.3) is 0 Å². The molecule has 0 saturated heterocycles. The minimum Gasteiger partial charge on any atom is -0.461 e. The molecule has 1 aromatic heterocycles. The molecule has 0 radical (unpaired) electrons. The Labute approximate surface area is 129 Å². The second kappa shape index (κ2) is 7.32. The predicted molar refractivity (Wildman–Crippen MR) is 84.4 cm³/mol. The molecule has 5 nitrogen and oxygen atoms in total. The van der Waals surface area contributed by atoms with Gasteiger partial charge < -0.3 is 15.0 Å². The zero-order valence-electron chi connectivity index (χ0n) is 12.7. The summed E-state index contributed by atoms with van der Waals surface area (Å²) in [5, 5.41) is 3.63. The van der Waals surface area contributed by atoms with Gasteiger partial charge in [0.15, 0.2) is 0 Å². The molecular weight excluding hydrogens is 280 g/mol. The van der Waals surface area contributed by atoms with E-state index in [9.17, 15) is 9.59 Å². The number of H-pyrrole nitrogens is 1. The molecule has 0 fully saturated rings. The van der Waals surface area contributed by atoms with Gasteiger partial charge in [-0.05, 0) is 25.1 Å². The van der Waals surface area contributed by atoms with Crippen molar-refractivity contribution in [3.63, 3.8) is 0 Å². The van der Waals surface area contributed by atoms with E-state index in [1.54, 1.807) is 13.0 Å². The second-order valence-electron chi connectivity index (χ2n) is 4.74. The fourth-order valence-corrected chi connectivity index (χ4v) is 1.99. The lowest BCUT2D eigenvalue weighted by Gasteiger charge is -1.96. The Balaban J connectivity index is 2.08. The van der Waals surface area contributed by atoms with E-state index in [-0.39, 0.29) is 11.9 Å². The molecule has 1 aromatic carbocycles. The third-order valence-electron chi connectivity index (χ3n) is 2.97. The Morgan fingerprint density at radius 3 is 2.86 bits per heavy atom. The number of aromatic nitrogens is 1. The zero-order valence-corrected chi connectivity index (χ0v) is 12.7. The molecule has 0 spiro atoms. The summed E-state index contributed by atoms with van der Waals surface area (Å²) >= 11 is 0. The molecule has 2 aromatic rings. The highest BCUT2D eigenvalue weighted by Crippen LogP contribution is 2.17. The summed E-state index contributed by atoms with van der Waals surface area (Å²) in [4.78, 5) is 25.4. The monoisotopic (exact) mass is 298 g/mol. The van der Waals surface area contributed by atoms with Gasteiger partial charge in [0.1, 0.15) is 5.69 Å². The maximum atomic E-state index is 11.7. The summed E-state index contributed by atoms with van der Waals surface area (Å²) in [6.45, 7) is 4.14. The van der Waals surface area contributed by atoms with Crippen molar-refractivity contribution < 1.29 is 14.3 Å². The summed E-state index contributed by atoms with van der Waals surface area (Å²) < 4.78 is 4.97. The first-order valence-electron chi connectivity index (χ1n) is 7.13. The Morgan fingerprint density at radius 1 is 1.32 bits per heavy atom. The van der Waals surface area contributed by atoms with Crippen molar-refractivity contribution in [1.29, 1.82) is 0 Å². The van der Waals surface area contributed by atoms with Crippen molar-refractivity contribution in [1.82, 2.24) is 10.3 Å². The van der Waals surface area contributed by atoms with Gasteiger partial charge >= 0.3 is 5.97 Å². The van der Waals surface area contributed by atoms with Gasteiger partial charge in [0.05, 0.1) is 6.61 Å². The van der Waals surface area contributed by atoms with E-state index in [0.29, 0.717) is 25.3 Å². The van der Waals surface area contributed by atoms with Crippen LogP contribution in [0.15, 0.2) is 24.3 Å². The van der Waals surface area contributed by atoms with E-state index in [4.69, 9.17) is 4.74 Å². The van der Waals surface area contributed by atoms with Gasteiger partial charge in [-0.25, -0.2) is 4.79 Å². The molecule has 1 heterocycles. The Morgan fingerprint density at radius 2 is 2.14 bits per heavy atom. The molecule has 0 aliphatic heterocycles. The van der Waals surface area contributed by atoms with Crippen LogP contribution < -0.4 is 5.32 Å². The average molecular weight is 298 g/mol. The normalized spacial score (nSPS) is 9.91. The van der Waals surface area contributed by atoms with Gasteiger partial charge in [-0.15, -0.1) is 0 Å². The van der Waals surface area contributed by atoms with E-state index >= 15 is 0 Å². The lowest BCUT2D eigenvalue weighted by molar-refractivity contribution is -0.118. The molecule has 0 aliphatic carbocycles. The predicted octanol–water partition coefficient (Wildman–Crippen LogP) is 2.22. The van der Waals surface area contributed by atoms with Gasteiger partial charge in [0, 0.05) is 36.4 Å². The van der Waals surface area contributed by atoms with Crippen LogP contribution in [0.2, 0.25) is 0 Å². The van der Waals surface area contributed by atoms with Gasteiger partial charge in [-0.2, -0.15) is 0 Å². The highest BCUT2D eigenvalue weighted by molar-refractivity contribution is 5.95. The largest absolute Gasteiger partial charge is 0.461 e. The number of carbonyl (C=O) groups excluding carboxylic acids is 2. The molecular formula is C17H18N2O3. The smallest absolute Gasteiger partial charge is 0.354 e. The quantitative estimate of drug-likeness (QED) is 0.516. The van der Waals surface area contributed by atoms with Crippen molar-refractivity contribution in [3.05, 3.63) is 35.5 Å². The minimum absolute atomic E-state index is 0.0545. The number of ether oxygens (including phenoxy) is 1. The average Bonchev–Trinajstić information content (AvgIpc) is 2.90. The van der Waals surface area contributed by atoms with Crippen LogP contribution >= 0.6 is 0 Å². The van der Waals surface area contributed by atoms with Crippen LogP contribution in [0.3, 0.4) is 0 Å². The number of fused-ring (bicyclic) bond motifs is 1. The number of aromatic amines is 1. The number of hydrogen-bond acceptors (Lipinski definition) is 3. The fourth-order valence-electron chi connectivity index (χ4n) is 1.99. The molecule has 2 rings (SSSR count). The van der Waals surface area contributed by atoms with Crippen molar-refractivity contribution in [2.75, 3.05) is 13.2 Å². The van der Waals surface area contributed by atoms with Gasteiger partial charge in [0.2, 0.25) is 5.91 Å². The molecule has 0 aliphatic rings. The Hall–Kier alpha value is -2.74. The lowest BCUT2D eigenvalue weighted by atomic mass is 10.1. The topological polar surface area (TPSA) is 71.2 Å². The van der Waals surface area contributed by atoms with Crippen LogP contribution in [0.1, 0.15) is 36.3 Å². The number of nitrogens with one attached hydrogen (secondary N) is 2. The molecule has 0 unspecified atom stereocenters. The van der Waals surface area contributed by atoms with Crippen molar-refractivity contribution in [2.24, 2.45) is 0 Å². The van der Waals surface area contributed by atoms with E-state index in [1.807, 2.05) is 18.2 Å². The molecule has 5 heteroatoms. The van der Waals surface area contributed by atoms with E-state index in [1.165, 1.54) is 6.92 Å². The molecule has 1 amide bonds. The van der Waals surface area contributed by atoms with Crippen LogP contribution in [0.4, 0.5) is 0 Å². The molecule has 0 saturated carbocycles. The first-order valence-corrected chi connectivity index (χ1v) is 7.13. The summed E-state index contributed by atoms with van der Waals surface area (Å²) in [5.74, 6) is 5.62. The second-order valence-corrected chi connectivity index (χ2v) is 4.74. The molecule has 0 bridgehead atoms. The number of esters is 1. The molecule has 114 valence electrons. The first-order chi connectivity index (χ1) is 10.6. The van der Waals surface area contributed by atoms with Crippen molar-refractivity contribution in [3.8, 4) is 11.8 Å². The minimum atomic E-state index is -0.360. The highest BCUT2D eigenvalue weighted by Gasteiger charge is 2.09. The van der Waals surface area contributed by atoms with Crippen LogP contribution in [0.25, 0.3) is 10.9 Å². The molecule has 0 atom stereocenters. The summed E-state index contributed by atoms with van der Waals surface area (Å²) in [6.07, 6.45) is 0.594. The highest BCUT2D eigenvalue weighted by atomic mass is 16.5. The third kappa shape index (κ3) is 4.13. The van der Waals surface area contributed by atoms with Crippen LogP contribution in [0, 0.1) is 11.8 Å². The lowest BCUT2D eigenvalue weighted by Crippen LogP contribution is -2.20. The third-order valence-corrected chi connectivity index (χ3v) is 2.97. The Kier molecular flexibility index (Phi) is 5.21. The standard InChI is InChI=1S/C17H18N2O3/c1-3-22-17(21)16-11-14-8-7-13(10-15(14)19-16)6-4-5-9-18-12(2)20/h7-8,10-11,19H,3,5,9H2,1-2H3,(H,18,20). The van der Waals surface area contributed by atoms with Gasteiger partial charge in [-0.1, -0.05) is 17.9 Å². The van der Waals surface area contributed by atoms with Crippen molar-refractivity contribution in [2.45, 2.75) is 20.3 Å². The SMILES string of the molecule is CCOC(=O)c1cc2ccc(C#CCCNC(C)=O)cc2[nH]1. The van der Waals surface area contributed by atoms with E-state index in [0.717, 1.165) is 16.5 Å². The summed E-state index contributed by atoms with van der Waals surface area (Å²) in [5.41, 5.74) is 2.14. The summed E-state index contributed by atoms with van der Waals surface area (Å²) in [7, 11) is 0. The Bertz CT molecular complexity index is 750. The fraction of sp³-hybridized carbons (Fsp3) is 0.294. The maximum absolute atomic E-state index is 11.7. The zero-order chi connectivity index (χ0) is 15.9. The first kappa shape index (κ1) is 15.6. The van der Waals surface area contributed by atoms with E-state index in [2.05, 4.69) is 22.1 Å². The van der Waals surface area contributed by atoms with Crippen LogP contribution in [0.5, 0.6) is 0 Å².